The van der Waals surface area contributed by atoms with Gasteiger partial charge in [-0.3, -0.25) is 4.90 Å². The highest BCUT2D eigenvalue weighted by Crippen LogP contribution is 2.27. The van der Waals surface area contributed by atoms with E-state index in [1.807, 2.05) is 12.1 Å². The van der Waals surface area contributed by atoms with Gasteiger partial charge in [-0.1, -0.05) is 22.0 Å². The van der Waals surface area contributed by atoms with Gasteiger partial charge in [-0.25, -0.2) is 0 Å². The van der Waals surface area contributed by atoms with E-state index in [0.29, 0.717) is 12.6 Å². The average Bonchev–Trinajstić information content (AvgIpc) is 2.74. The number of nitrogens with two attached hydrogens (primary N) is 1. The maximum atomic E-state index is 6.02. The lowest BCUT2D eigenvalue weighted by molar-refractivity contribution is 0.262. The quantitative estimate of drug-likeness (QED) is 0.898. The second kappa shape index (κ2) is 5.59. The predicted octanol–water partition coefficient (Wildman–Crippen LogP) is 2.67. The normalized spacial score (nSPS) is 24.7. The number of benzene rings is 1. The van der Waals surface area contributed by atoms with Crippen molar-refractivity contribution < 1.29 is 0 Å². The molecule has 0 aromatic heterocycles. The second-order valence-corrected chi connectivity index (χ2v) is 6.35. The lowest BCUT2D eigenvalue weighted by Gasteiger charge is -2.31. The summed E-state index contributed by atoms with van der Waals surface area (Å²) in [4.78, 5) is 2.48. The molecule has 1 fully saturated rings. The highest BCUT2D eigenvalue weighted by Gasteiger charge is 2.37. The van der Waals surface area contributed by atoms with Gasteiger partial charge in [0.15, 0.2) is 0 Å². The van der Waals surface area contributed by atoms with E-state index in [0.717, 1.165) is 29.7 Å². The summed E-state index contributed by atoms with van der Waals surface area (Å²) in [5.74, 6) is 0. The van der Waals surface area contributed by atoms with E-state index in [4.69, 9.17) is 5.73 Å². The number of rotatable bonds is 4. The Morgan fingerprint density at radius 2 is 2.28 bits per heavy atom. The van der Waals surface area contributed by atoms with Crippen molar-refractivity contribution in [2.24, 2.45) is 5.73 Å². The first-order valence-electron chi connectivity index (χ1n) is 6.52. The summed E-state index contributed by atoms with van der Waals surface area (Å²) in [5, 5.41) is 3.63. The number of nitrogens with zero attached hydrogens (tertiary/aromatic N) is 1. The molecule has 0 radical (unpaired) electrons. The van der Waals surface area contributed by atoms with Crippen LogP contribution in [0.2, 0.25) is 0 Å². The Morgan fingerprint density at radius 3 is 2.83 bits per heavy atom. The predicted molar refractivity (Wildman–Crippen MR) is 80.9 cm³/mol. The molecule has 1 unspecified atom stereocenters. The first-order chi connectivity index (χ1) is 8.54. The molecule has 2 rings (SSSR count). The van der Waals surface area contributed by atoms with Crippen molar-refractivity contribution in [2.75, 3.05) is 25.0 Å². The van der Waals surface area contributed by atoms with Crippen LogP contribution in [0.25, 0.3) is 0 Å². The van der Waals surface area contributed by atoms with E-state index in [1.165, 1.54) is 0 Å². The molecule has 0 bridgehead atoms. The van der Waals surface area contributed by atoms with Crippen LogP contribution >= 0.6 is 15.9 Å². The lowest BCUT2D eigenvalue weighted by atomic mass is 9.98. The third-order valence-electron chi connectivity index (χ3n) is 3.74. The molecular formula is C14H22BrN3. The summed E-state index contributed by atoms with van der Waals surface area (Å²) in [6.45, 7) is 7.30. The van der Waals surface area contributed by atoms with Crippen molar-refractivity contribution in [3.8, 4) is 0 Å². The van der Waals surface area contributed by atoms with Gasteiger partial charge in [-0.15, -0.1) is 0 Å². The minimum absolute atomic E-state index is 0.0189. The zero-order valence-corrected chi connectivity index (χ0v) is 12.7. The van der Waals surface area contributed by atoms with Crippen LogP contribution in [0, 0.1) is 0 Å². The van der Waals surface area contributed by atoms with E-state index < -0.39 is 0 Å². The van der Waals surface area contributed by atoms with E-state index >= 15 is 0 Å². The van der Waals surface area contributed by atoms with Crippen LogP contribution in [0.5, 0.6) is 0 Å². The fourth-order valence-corrected chi connectivity index (χ4v) is 2.94. The van der Waals surface area contributed by atoms with Gasteiger partial charge in [0.25, 0.3) is 0 Å². The van der Waals surface area contributed by atoms with Gasteiger partial charge in [0.2, 0.25) is 0 Å². The molecule has 100 valence electrons. The van der Waals surface area contributed by atoms with Crippen molar-refractivity contribution in [3.63, 3.8) is 0 Å². The Bertz CT molecular complexity index is 408. The van der Waals surface area contributed by atoms with Crippen molar-refractivity contribution >= 4 is 21.6 Å². The van der Waals surface area contributed by atoms with Crippen molar-refractivity contribution in [1.82, 2.24) is 4.90 Å². The summed E-state index contributed by atoms with van der Waals surface area (Å²) >= 11 is 3.50. The van der Waals surface area contributed by atoms with Crippen LogP contribution in [-0.4, -0.2) is 36.1 Å². The van der Waals surface area contributed by atoms with Crippen molar-refractivity contribution in [1.29, 1.82) is 0 Å². The number of hydrogen-bond acceptors (Lipinski definition) is 3. The van der Waals surface area contributed by atoms with Gasteiger partial charge in [-0.05, 0) is 38.5 Å². The summed E-state index contributed by atoms with van der Waals surface area (Å²) in [6, 6.07) is 8.87. The van der Waals surface area contributed by atoms with Crippen molar-refractivity contribution in [2.45, 2.75) is 31.8 Å². The van der Waals surface area contributed by atoms with Crippen LogP contribution in [0.1, 0.15) is 20.3 Å². The first-order valence-corrected chi connectivity index (χ1v) is 7.32. The molecule has 1 saturated heterocycles. The van der Waals surface area contributed by atoms with Gasteiger partial charge < -0.3 is 11.1 Å². The highest BCUT2D eigenvalue weighted by molar-refractivity contribution is 9.10. The van der Waals surface area contributed by atoms with Gasteiger partial charge in [-0.2, -0.15) is 0 Å². The monoisotopic (exact) mass is 311 g/mol. The first kappa shape index (κ1) is 13.8. The molecule has 1 atom stereocenters. The molecule has 3 N–H and O–H groups in total. The fourth-order valence-electron chi connectivity index (χ4n) is 2.54. The van der Waals surface area contributed by atoms with E-state index in [-0.39, 0.29) is 5.54 Å². The third-order valence-corrected chi connectivity index (χ3v) is 4.23. The topological polar surface area (TPSA) is 41.3 Å². The minimum atomic E-state index is 0.0189. The average molecular weight is 312 g/mol. The van der Waals surface area contributed by atoms with Crippen LogP contribution in [-0.2, 0) is 0 Å². The zero-order valence-electron chi connectivity index (χ0n) is 11.1. The molecular weight excluding hydrogens is 290 g/mol. The SMILES string of the molecule is CC(C)N1CCC(CN)(Nc2cccc(Br)c2)C1. The second-order valence-electron chi connectivity index (χ2n) is 5.43. The summed E-state index contributed by atoms with van der Waals surface area (Å²) in [7, 11) is 0. The Labute approximate surface area is 118 Å². The molecule has 1 aromatic rings. The molecule has 1 aliphatic rings. The third kappa shape index (κ3) is 3.05. The minimum Gasteiger partial charge on any atom is -0.377 e. The Balaban J connectivity index is 2.10. The number of likely N-dealkylation sites (tertiary alicyclic amines) is 1. The Morgan fingerprint density at radius 1 is 1.50 bits per heavy atom. The molecule has 0 saturated carbocycles. The molecule has 1 heterocycles. The summed E-state index contributed by atoms with van der Waals surface area (Å²) in [5.41, 5.74) is 7.17. The molecule has 1 aromatic carbocycles. The van der Waals surface area contributed by atoms with Gasteiger partial charge in [0, 0.05) is 35.8 Å². The number of halogens is 1. The molecule has 0 amide bonds. The fraction of sp³-hybridized carbons (Fsp3) is 0.571. The Kier molecular flexibility index (Phi) is 4.30. The lowest BCUT2D eigenvalue weighted by Crippen LogP contribution is -2.48. The van der Waals surface area contributed by atoms with Crippen molar-refractivity contribution in [3.05, 3.63) is 28.7 Å². The van der Waals surface area contributed by atoms with Crippen LogP contribution in [0.3, 0.4) is 0 Å². The van der Waals surface area contributed by atoms with Crippen LogP contribution in [0.4, 0.5) is 5.69 Å². The zero-order chi connectivity index (χ0) is 13.2. The van der Waals surface area contributed by atoms with Gasteiger partial charge in [0.1, 0.15) is 0 Å². The maximum Gasteiger partial charge on any atom is 0.0634 e. The standard InChI is InChI=1S/C14H22BrN3/c1-11(2)18-7-6-14(9-16,10-18)17-13-5-3-4-12(15)8-13/h3-5,8,11,17H,6-7,9-10,16H2,1-2H3. The molecule has 0 spiro atoms. The summed E-state index contributed by atoms with van der Waals surface area (Å²) in [6.07, 6.45) is 1.11. The van der Waals surface area contributed by atoms with Gasteiger partial charge >= 0.3 is 0 Å². The highest BCUT2D eigenvalue weighted by atomic mass is 79.9. The summed E-state index contributed by atoms with van der Waals surface area (Å²) < 4.78 is 1.10. The Hall–Kier alpha value is -0.580. The molecule has 3 nitrogen and oxygen atoms in total. The van der Waals surface area contributed by atoms with E-state index in [1.54, 1.807) is 0 Å². The maximum absolute atomic E-state index is 6.02. The van der Waals surface area contributed by atoms with E-state index in [9.17, 15) is 0 Å². The van der Waals surface area contributed by atoms with Crippen LogP contribution in [0.15, 0.2) is 28.7 Å². The molecule has 18 heavy (non-hydrogen) atoms. The number of anilines is 1. The smallest absolute Gasteiger partial charge is 0.0634 e. The largest absolute Gasteiger partial charge is 0.377 e. The molecule has 4 heteroatoms. The molecule has 1 aliphatic heterocycles. The van der Waals surface area contributed by atoms with E-state index in [2.05, 4.69) is 52.1 Å². The number of hydrogen-bond donors (Lipinski definition) is 2. The number of nitrogens with one attached hydrogen (secondary N) is 1. The van der Waals surface area contributed by atoms with Gasteiger partial charge in [0.05, 0.1) is 5.54 Å². The molecule has 0 aliphatic carbocycles. The van der Waals surface area contributed by atoms with Crippen LogP contribution < -0.4 is 11.1 Å².